The third-order valence-electron chi connectivity index (χ3n) is 12.9. The Morgan fingerprint density at radius 1 is 0.825 bits per heavy atom. The molecule has 12 nitrogen and oxygen atoms in total. The van der Waals surface area contributed by atoms with E-state index in [1.54, 1.807) is 24.3 Å². The van der Waals surface area contributed by atoms with Crippen molar-refractivity contribution in [3.05, 3.63) is 94.3 Å². The van der Waals surface area contributed by atoms with Gasteiger partial charge in [-0.2, -0.15) is 0 Å². The zero-order valence-corrected chi connectivity index (χ0v) is 33.1. The van der Waals surface area contributed by atoms with Gasteiger partial charge in [-0.15, -0.1) is 0 Å². The van der Waals surface area contributed by atoms with Crippen molar-refractivity contribution in [2.45, 2.75) is 63.6 Å². The molecule has 1 unspecified atom stereocenters. The van der Waals surface area contributed by atoms with Gasteiger partial charge in [0.15, 0.2) is 0 Å². The van der Waals surface area contributed by atoms with Gasteiger partial charge in [0, 0.05) is 95.0 Å². The maximum absolute atomic E-state index is 14.7. The first kappa shape index (κ1) is 38.7. The van der Waals surface area contributed by atoms with Crippen molar-refractivity contribution in [2.24, 2.45) is 5.92 Å². The topological polar surface area (TPSA) is 117 Å². The van der Waals surface area contributed by atoms with Gasteiger partial charge in [-0.3, -0.25) is 39.1 Å². The van der Waals surface area contributed by atoms with E-state index in [2.05, 4.69) is 63.3 Å². The predicted octanol–water partition coefficient (Wildman–Crippen LogP) is 4.02. The Balaban J connectivity index is 0.821. The van der Waals surface area contributed by atoms with Crippen molar-refractivity contribution in [3.63, 3.8) is 0 Å². The van der Waals surface area contributed by atoms with Crippen molar-refractivity contribution in [2.75, 3.05) is 76.3 Å². The van der Waals surface area contributed by atoms with Gasteiger partial charge in [0.2, 0.25) is 17.7 Å². The quantitative estimate of drug-likeness (QED) is 0.322. The molecule has 13 heteroatoms. The van der Waals surface area contributed by atoms with Crippen LogP contribution >= 0.6 is 0 Å². The summed E-state index contributed by atoms with van der Waals surface area (Å²) in [6.45, 7) is 8.52. The number of likely N-dealkylation sites (tertiary alicyclic amines) is 1. The average molecular weight is 778 g/mol. The van der Waals surface area contributed by atoms with Crippen LogP contribution in [0, 0.1) is 18.7 Å². The summed E-state index contributed by atoms with van der Waals surface area (Å²) in [5.41, 5.74) is 5.47. The molecule has 0 bridgehead atoms. The summed E-state index contributed by atoms with van der Waals surface area (Å²) in [4.78, 5) is 76.8. The number of hydrogen-bond donors (Lipinski definition) is 1. The smallest absolute Gasteiger partial charge is 0.264 e. The van der Waals surface area contributed by atoms with Crippen LogP contribution < -0.4 is 15.1 Å². The van der Waals surface area contributed by atoms with Gasteiger partial charge in [0.25, 0.3) is 11.8 Å². The first-order valence-corrected chi connectivity index (χ1v) is 20.3. The largest absolute Gasteiger partial charge is 0.371 e. The van der Waals surface area contributed by atoms with Gasteiger partial charge in [-0.05, 0) is 87.7 Å². The number of amides is 5. The molecule has 57 heavy (non-hydrogen) atoms. The van der Waals surface area contributed by atoms with Gasteiger partial charge < -0.3 is 19.6 Å². The van der Waals surface area contributed by atoms with E-state index < -0.39 is 29.7 Å². The third-order valence-corrected chi connectivity index (χ3v) is 12.9. The minimum atomic E-state index is -1.00. The van der Waals surface area contributed by atoms with Gasteiger partial charge >= 0.3 is 0 Å². The number of aryl methyl sites for hydroxylation is 1. The second-order valence-corrected chi connectivity index (χ2v) is 16.6. The van der Waals surface area contributed by atoms with E-state index in [0.717, 1.165) is 60.7 Å². The van der Waals surface area contributed by atoms with Crippen LogP contribution in [0.2, 0.25) is 0 Å². The molecule has 3 aromatic rings. The minimum Gasteiger partial charge on any atom is -0.371 e. The van der Waals surface area contributed by atoms with E-state index in [9.17, 15) is 28.4 Å². The molecule has 1 N–H and O–H groups in total. The summed E-state index contributed by atoms with van der Waals surface area (Å²) in [5.74, 6) is -1.45. The molecule has 8 rings (SSSR count). The molecule has 5 aliphatic heterocycles. The number of nitrogens with one attached hydrogen (secondary N) is 1. The zero-order valence-electron chi connectivity index (χ0n) is 33.1. The number of anilines is 2. The van der Waals surface area contributed by atoms with Gasteiger partial charge in [0.05, 0.1) is 16.8 Å². The summed E-state index contributed by atoms with van der Waals surface area (Å²) in [6, 6.07) is 18.7. The fraction of sp³-hybridized carbons (Fsp3) is 0.477. The molecule has 4 saturated heterocycles. The second kappa shape index (κ2) is 16.0. The number of benzene rings is 3. The van der Waals surface area contributed by atoms with Crippen LogP contribution in [0.1, 0.15) is 75.4 Å². The number of fused-ring (bicyclic) bond motifs is 1. The van der Waals surface area contributed by atoms with E-state index >= 15 is 0 Å². The van der Waals surface area contributed by atoms with Crippen LogP contribution in [-0.2, 0) is 20.9 Å². The lowest BCUT2D eigenvalue weighted by atomic mass is 9.92. The molecular formula is C44H52FN7O5. The van der Waals surface area contributed by atoms with Crippen LogP contribution in [0.15, 0.2) is 60.7 Å². The highest BCUT2D eigenvalue weighted by Crippen LogP contribution is 2.37. The van der Waals surface area contributed by atoms with Gasteiger partial charge in [-0.1, -0.05) is 30.3 Å². The third kappa shape index (κ3) is 7.66. The molecule has 0 saturated carbocycles. The number of rotatable bonds is 9. The first-order chi connectivity index (χ1) is 27.5. The molecule has 0 radical (unpaired) electrons. The van der Waals surface area contributed by atoms with Gasteiger partial charge in [-0.25, -0.2) is 4.39 Å². The zero-order chi connectivity index (χ0) is 40.0. The standard InChI is InChI=1S/C44H52FN7O5/c1-28-6-4-8-35(45)33(28)25-48-26-34(38(27-48)47(2)3)30-10-12-31(13-11-30)49-20-22-51(23-21-49)40(54)24-29-16-18-50(19-17-29)36-9-5-7-32-41(36)44(57)52(43(32)56)37-14-15-39(53)46-42(37)55/h4-13,29,34,37-38H,14-27H2,1-3H3,(H,46,53,55)/t34-,37?,38+/m1/s1. The molecule has 5 aliphatic rings. The Morgan fingerprint density at radius 3 is 2.23 bits per heavy atom. The van der Waals surface area contributed by atoms with Crippen LogP contribution in [0.25, 0.3) is 0 Å². The van der Waals surface area contributed by atoms with E-state index in [4.69, 9.17) is 0 Å². The highest BCUT2D eigenvalue weighted by Gasteiger charge is 2.46. The summed E-state index contributed by atoms with van der Waals surface area (Å²) < 4.78 is 14.7. The number of halogens is 1. The lowest BCUT2D eigenvalue weighted by Gasteiger charge is -2.38. The van der Waals surface area contributed by atoms with Crippen molar-refractivity contribution in [1.82, 2.24) is 24.9 Å². The van der Waals surface area contributed by atoms with Crippen LogP contribution in [0.3, 0.4) is 0 Å². The van der Waals surface area contributed by atoms with E-state index in [0.29, 0.717) is 62.4 Å². The monoisotopic (exact) mass is 777 g/mol. The Labute approximate surface area is 333 Å². The molecule has 5 heterocycles. The molecule has 0 spiro atoms. The number of piperidine rings is 2. The molecule has 300 valence electrons. The van der Waals surface area contributed by atoms with Crippen LogP contribution in [0.4, 0.5) is 15.8 Å². The number of hydrogen-bond acceptors (Lipinski definition) is 9. The van der Waals surface area contributed by atoms with Crippen LogP contribution in [0.5, 0.6) is 0 Å². The van der Waals surface area contributed by atoms with E-state index in [1.807, 2.05) is 24.0 Å². The fourth-order valence-corrected chi connectivity index (χ4v) is 9.60. The second-order valence-electron chi connectivity index (χ2n) is 16.6. The number of carbonyl (C=O) groups is 5. The summed E-state index contributed by atoms with van der Waals surface area (Å²) in [5, 5.41) is 2.25. The molecule has 3 atom stereocenters. The molecule has 5 amide bonds. The van der Waals surface area contributed by atoms with E-state index in [1.165, 1.54) is 5.56 Å². The van der Waals surface area contributed by atoms with Gasteiger partial charge in [0.1, 0.15) is 11.9 Å². The number of likely N-dealkylation sites (N-methyl/N-ethyl adjacent to an activating group) is 1. The molecule has 0 aliphatic carbocycles. The van der Waals surface area contributed by atoms with Crippen LogP contribution in [-0.4, -0.2) is 128 Å². The lowest BCUT2D eigenvalue weighted by Crippen LogP contribution is -2.54. The normalized spacial score (nSPS) is 23.5. The molecule has 4 fully saturated rings. The minimum absolute atomic E-state index is 0.0755. The Morgan fingerprint density at radius 2 is 1.54 bits per heavy atom. The van der Waals surface area contributed by atoms with Crippen molar-refractivity contribution >= 4 is 40.9 Å². The van der Waals surface area contributed by atoms with Crippen molar-refractivity contribution in [3.8, 4) is 0 Å². The number of nitrogens with zero attached hydrogens (tertiary/aromatic N) is 6. The SMILES string of the molecule is Cc1cccc(F)c1CN1C[C@H](c2ccc(N3CCN(C(=O)CC4CCN(c5cccc6c5C(=O)N(C5CCC(=O)NC5=O)C6=O)CC4)CC3)cc2)[C@@H](N(C)C)C1. The Bertz CT molecular complexity index is 2040. The van der Waals surface area contributed by atoms with E-state index in [-0.39, 0.29) is 36.0 Å². The Hall–Kier alpha value is -5.14. The summed E-state index contributed by atoms with van der Waals surface area (Å²) in [7, 11) is 4.25. The Kier molecular flexibility index (Phi) is 10.9. The first-order valence-electron chi connectivity index (χ1n) is 20.3. The average Bonchev–Trinajstić information content (AvgIpc) is 3.75. The predicted molar refractivity (Wildman–Crippen MR) is 215 cm³/mol. The summed E-state index contributed by atoms with van der Waals surface area (Å²) in [6.07, 6.45) is 2.25. The maximum atomic E-state index is 14.7. The highest BCUT2D eigenvalue weighted by atomic mass is 19.1. The maximum Gasteiger partial charge on any atom is 0.264 e. The molecule has 0 aromatic heterocycles. The lowest BCUT2D eigenvalue weighted by molar-refractivity contribution is -0.136. The fourth-order valence-electron chi connectivity index (χ4n) is 9.60. The van der Waals surface area contributed by atoms with Crippen molar-refractivity contribution in [1.29, 1.82) is 0 Å². The number of carbonyl (C=O) groups excluding carboxylic acids is 5. The van der Waals surface area contributed by atoms with Crippen molar-refractivity contribution < 1.29 is 28.4 Å². The highest BCUT2D eigenvalue weighted by molar-refractivity contribution is 6.25. The molecular weight excluding hydrogens is 726 g/mol. The number of piperazine rings is 1. The summed E-state index contributed by atoms with van der Waals surface area (Å²) >= 11 is 0. The number of imide groups is 2. The molecule has 3 aromatic carbocycles.